The predicted molar refractivity (Wildman–Crippen MR) is 161 cm³/mol. The number of amides is 1. The summed E-state index contributed by atoms with van der Waals surface area (Å²) >= 11 is 0. The monoisotopic (exact) mass is 568 g/mol. The minimum Gasteiger partial charge on any atom is -0.485 e. The predicted octanol–water partition coefficient (Wildman–Crippen LogP) is 4.07. The quantitative estimate of drug-likeness (QED) is 0.0844. The summed E-state index contributed by atoms with van der Waals surface area (Å²) in [7, 11) is 6.92. The number of rotatable bonds is 15. The summed E-state index contributed by atoms with van der Waals surface area (Å²) in [5.74, 6) is -0.114. The fourth-order valence-corrected chi connectivity index (χ4v) is 3.64. The fourth-order valence-electron chi connectivity index (χ4n) is 3.64. The molecule has 1 amide bonds. The lowest BCUT2D eigenvalue weighted by Gasteiger charge is -2.31. The Morgan fingerprint density at radius 3 is 2.59 bits per heavy atom. The molecule has 41 heavy (non-hydrogen) atoms. The number of nitrogens with one attached hydrogen (secondary N) is 1. The second-order valence-electron chi connectivity index (χ2n) is 10.3. The van der Waals surface area contributed by atoms with Crippen LogP contribution in [0.2, 0.25) is 0 Å². The molecular formula is C31H44N4O6. The van der Waals surface area contributed by atoms with Crippen LogP contribution in [0, 0.1) is 0 Å². The average Bonchev–Trinajstić information content (AvgIpc) is 2.93. The van der Waals surface area contributed by atoms with E-state index in [4.69, 9.17) is 18.9 Å². The summed E-state index contributed by atoms with van der Waals surface area (Å²) in [6.45, 7) is 9.64. The molecule has 10 nitrogen and oxygen atoms in total. The van der Waals surface area contributed by atoms with Gasteiger partial charge in [-0.2, -0.15) is 0 Å². The first kappa shape index (κ1) is 33.2. The van der Waals surface area contributed by atoms with E-state index in [0.29, 0.717) is 30.9 Å². The number of para-hydroxylation sites is 2. The van der Waals surface area contributed by atoms with Gasteiger partial charge < -0.3 is 34.1 Å². The Morgan fingerprint density at radius 1 is 1.22 bits per heavy atom. The van der Waals surface area contributed by atoms with E-state index in [0.717, 1.165) is 0 Å². The van der Waals surface area contributed by atoms with Gasteiger partial charge in [0.25, 0.3) is 5.91 Å². The molecule has 1 aliphatic heterocycles. The number of carbonyl (C=O) groups is 2. The van der Waals surface area contributed by atoms with Gasteiger partial charge in [-0.15, -0.1) is 0 Å². The van der Waals surface area contributed by atoms with E-state index in [9.17, 15) is 9.59 Å². The van der Waals surface area contributed by atoms with E-state index in [1.807, 2.05) is 51.1 Å². The molecule has 0 fully saturated rings. The summed E-state index contributed by atoms with van der Waals surface area (Å²) in [5.41, 5.74) is -0.754. The molecule has 2 unspecified atom stereocenters. The summed E-state index contributed by atoms with van der Waals surface area (Å²) < 4.78 is 22.7. The maximum Gasteiger partial charge on any atom is 0.359 e. The van der Waals surface area contributed by atoms with Crippen LogP contribution in [0.1, 0.15) is 33.6 Å². The van der Waals surface area contributed by atoms with Crippen LogP contribution in [0.4, 0.5) is 0 Å². The Labute approximate surface area is 244 Å². The molecule has 224 valence electrons. The van der Waals surface area contributed by atoms with Crippen molar-refractivity contribution in [2.75, 3.05) is 41.5 Å². The number of methoxy groups -OCH3 is 1. The SMILES string of the molecule is C=C/C=C\C/C=C\C(C)N(C)/C(C(=O)OC(C)(C)CCOC)=C(\N=C\N(C)C)NC(=O)C1COc2ccccc2O1. The van der Waals surface area contributed by atoms with Crippen molar-refractivity contribution in [3.8, 4) is 11.5 Å². The van der Waals surface area contributed by atoms with Crippen LogP contribution in [0.15, 0.2) is 77.7 Å². The highest BCUT2D eigenvalue weighted by Gasteiger charge is 2.33. The Kier molecular flexibility index (Phi) is 13.2. The lowest BCUT2D eigenvalue weighted by molar-refractivity contribution is -0.155. The standard InChI is InChI=1S/C31H44N4O6/c1-9-10-11-12-13-16-23(2)35(7)27(30(37)41-31(3,4)19-20-38-8)28(32-22-34(5)6)33-29(36)26-21-39-24-17-14-15-18-25(24)40-26/h9-11,13-18,22-23,26H,1,12,19-21H2,2-8H3,(H,33,36)/b11-10-,16-13-,28-27+,32-22+. The third-order valence-electron chi connectivity index (χ3n) is 6.08. The molecule has 1 heterocycles. The molecule has 0 aliphatic carbocycles. The summed E-state index contributed by atoms with van der Waals surface area (Å²) in [6, 6.07) is 6.87. The van der Waals surface area contributed by atoms with Gasteiger partial charge >= 0.3 is 5.97 Å². The number of esters is 1. The van der Waals surface area contributed by atoms with Crippen molar-refractivity contribution in [3.63, 3.8) is 0 Å². The summed E-state index contributed by atoms with van der Waals surface area (Å²) in [4.78, 5) is 35.1. The molecule has 0 saturated carbocycles. The number of ether oxygens (including phenoxy) is 4. The van der Waals surface area contributed by atoms with Gasteiger partial charge in [0, 0.05) is 47.3 Å². The van der Waals surface area contributed by atoms with E-state index < -0.39 is 23.6 Å². The smallest absolute Gasteiger partial charge is 0.359 e. The van der Waals surface area contributed by atoms with Crippen molar-refractivity contribution in [3.05, 3.63) is 72.7 Å². The van der Waals surface area contributed by atoms with Gasteiger partial charge in [-0.1, -0.05) is 49.1 Å². The Hall–Kier alpha value is -4.05. The van der Waals surface area contributed by atoms with Crippen LogP contribution >= 0.6 is 0 Å². The number of allylic oxidation sites excluding steroid dienone is 4. The second-order valence-corrected chi connectivity index (χ2v) is 10.3. The van der Waals surface area contributed by atoms with Gasteiger partial charge in [-0.3, -0.25) is 4.79 Å². The largest absolute Gasteiger partial charge is 0.485 e. The number of hydrogen-bond donors (Lipinski definition) is 1. The molecule has 1 aliphatic rings. The fraction of sp³-hybridized carbons (Fsp3) is 0.452. The molecule has 0 radical (unpaired) electrons. The zero-order valence-electron chi connectivity index (χ0n) is 25.3. The molecular weight excluding hydrogens is 524 g/mol. The highest BCUT2D eigenvalue weighted by Crippen LogP contribution is 2.31. The van der Waals surface area contributed by atoms with Crippen LogP contribution in [-0.4, -0.2) is 87.2 Å². The van der Waals surface area contributed by atoms with Crippen LogP contribution in [0.3, 0.4) is 0 Å². The van der Waals surface area contributed by atoms with E-state index >= 15 is 0 Å². The van der Waals surface area contributed by atoms with E-state index in [1.165, 1.54) is 6.34 Å². The van der Waals surface area contributed by atoms with E-state index in [-0.39, 0.29) is 24.2 Å². The molecule has 2 atom stereocenters. The molecule has 10 heteroatoms. The molecule has 1 aromatic carbocycles. The first-order valence-corrected chi connectivity index (χ1v) is 13.5. The molecule has 0 spiro atoms. The van der Waals surface area contributed by atoms with Crippen LogP contribution in [0.5, 0.6) is 11.5 Å². The number of carbonyl (C=O) groups excluding carboxylic acids is 2. The van der Waals surface area contributed by atoms with E-state index in [1.54, 1.807) is 62.3 Å². The zero-order chi connectivity index (χ0) is 30.4. The third-order valence-corrected chi connectivity index (χ3v) is 6.08. The van der Waals surface area contributed by atoms with Crippen LogP contribution < -0.4 is 14.8 Å². The van der Waals surface area contributed by atoms with Crippen molar-refractivity contribution in [2.45, 2.75) is 51.4 Å². The molecule has 2 rings (SSSR count). The number of benzene rings is 1. The van der Waals surface area contributed by atoms with Gasteiger partial charge in [-0.05, 0) is 39.3 Å². The Bertz CT molecular complexity index is 1160. The molecule has 0 bridgehead atoms. The first-order valence-electron chi connectivity index (χ1n) is 13.5. The summed E-state index contributed by atoms with van der Waals surface area (Å²) in [6.07, 6.45) is 11.2. The Morgan fingerprint density at radius 2 is 1.93 bits per heavy atom. The van der Waals surface area contributed by atoms with Gasteiger partial charge in [0.15, 0.2) is 23.0 Å². The maximum atomic E-state index is 13.8. The number of likely N-dealkylation sites (N-methyl/N-ethyl adjacent to an activating group) is 1. The first-order chi connectivity index (χ1) is 19.5. The van der Waals surface area contributed by atoms with Crippen LogP contribution in [-0.2, 0) is 19.1 Å². The van der Waals surface area contributed by atoms with Crippen molar-refractivity contribution in [1.82, 2.24) is 15.1 Å². The zero-order valence-corrected chi connectivity index (χ0v) is 25.3. The number of nitrogens with zero attached hydrogens (tertiary/aromatic N) is 3. The number of hydrogen-bond acceptors (Lipinski definition) is 8. The van der Waals surface area contributed by atoms with Gasteiger partial charge in [0.1, 0.15) is 12.2 Å². The van der Waals surface area contributed by atoms with E-state index in [2.05, 4.69) is 16.9 Å². The number of aliphatic imine (C=N–C) groups is 1. The minimum atomic E-state index is -0.954. The summed E-state index contributed by atoms with van der Waals surface area (Å²) in [5, 5.41) is 2.80. The second kappa shape index (κ2) is 16.3. The molecule has 0 aromatic heterocycles. The van der Waals surface area contributed by atoms with Crippen molar-refractivity contribution >= 4 is 18.2 Å². The molecule has 1 N–H and O–H groups in total. The van der Waals surface area contributed by atoms with Gasteiger partial charge in [0.05, 0.1) is 6.34 Å². The van der Waals surface area contributed by atoms with Crippen molar-refractivity contribution in [1.29, 1.82) is 0 Å². The number of fused-ring (bicyclic) bond motifs is 1. The highest BCUT2D eigenvalue weighted by molar-refractivity contribution is 5.91. The van der Waals surface area contributed by atoms with Crippen LogP contribution in [0.25, 0.3) is 0 Å². The molecule has 0 saturated heterocycles. The van der Waals surface area contributed by atoms with Crippen molar-refractivity contribution < 1.29 is 28.5 Å². The normalized spacial score (nSPS) is 16.4. The maximum absolute atomic E-state index is 13.8. The van der Waals surface area contributed by atoms with Gasteiger partial charge in [0.2, 0.25) is 6.10 Å². The lowest BCUT2D eigenvalue weighted by Crippen LogP contribution is -2.45. The van der Waals surface area contributed by atoms with Crippen molar-refractivity contribution in [2.24, 2.45) is 4.99 Å². The molecule has 1 aromatic rings. The average molecular weight is 569 g/mol. The topological polar surface area (TPSA) is 102 Å². The lowest BCUT2D eigenvalue weighted by atomic mass is 10.1. The Balaban J connectivity index is 2.48. The third kappa shape index (κ3) is 10.8. The van der Waals surface area contributed by atoms with Gasteiger partial charge in [-0.25, -0.2) is 9.79 Å². The highest BCUT2D eigenvalue weighted by atomic mass is 16.6. The minimum absolute atomic E-state index is 0.00452.